The summed E-state index contributed by atoms with van der Waals surface area (Å²) in [5.74, 6) is 0.852. The summed E-state index contributed by atoms with van der Waals surface area (Å²) in [5.41, 5.74) is 4.01. The zero-order valence-corrected chi connectivity index (χ0v) is 14.0. The molecule has 0 spiro atoms. The molecule has 0 bridgehead atoms. The molecule has 1 aliphatic rings. The molecule has 0 saturated heterocycles. The van der Waals surface area contributed by atoms with Gasteiger partial charge in [0.25, 0.3) is 0 Å². The van der Waals surface area contributed by atoms with Crippen molar-refractivity contribution in [3.05, 3.63) is 29.3 Å². The van der Waals surface area contributed by atoms with Gasteiger partial charge in [-0.05, 0) is 48.9 Å². The van der Waals surface area contributed by atoms with E-state index in [1.807, 2.05) is 0 Å². The first kappa shape index (κ1) is 16.3. The van der Waals surface area contributed by atoms with E-state index in [1.165, 1.54) is 29.7 Å². The molecule has 0 amide bonds. The van der Waals surface area contributed by atoms with E-state index in [1.54, 1.807) is 0 Å². The molecule has 0 radical (unpaired) electrons. The number of hydrogen-bond donors (Lipinski definition) is 1. The second-order valence-corrected chi connectivity index (χ2v) is 6.59. The molecule has 1 aromatic carbocycles. The van der Waals surface area contributed by atoms with Crippen LogP contribution in [0.4, 0.5) is 5.69 Å². The third-order valence-corrected chi connectivity index (χ3v) is 4.09. The fourth-order valence-electron chi connectivity index (χ4n) is 2.30. The minimum atomic E-state index is 0.523. The van der Waals surface area contributed by atoms with Gasteiger partial charge in [-0.1, -0.05) is 19.9 Å². The predicted octanol–water partition coefficient (Wildman–Crippen LogP) is 3.36. The van der Waals surface area contributed by atoms with E-state index >= 15 is 0 Å². The molecule has 118 valence electrons. The highest BCUT2D eigenvalue weighted by Crippen LogP contribution is 2.28. The Morgan fingerprint density at radius 2 is 2.10 bits per heavy atom. The van der Waals surface area contributed by atoms with Gasteiger partial charge in [-0.25, -0.2) is 0 Å². The van der Waals surface area contributed by atoms with E-state index in [9.17, 15) is 0 Å². The number of benzene rings is 1. The van der Waals surface area contributed by atoms with Crippen LogP contribution in [0.15, 0.2) is 18.2 Å². The minimum Gasteiger partial charge on any atom is -0.379 e. The first-order valence-corrected chi connectivity index (χ1v) is 8.18. The van der Waals surface area contributed by atoms with Crippen molar-refractivity contribution >= 4 is 5.69 Å². The Morgan fingerprint density at radius 3 is 2.71 bits per heavy atom. The number of ether oxygens (including phenoxy) is 1. The molecule has 2 rings (SSSR count). The van der Waals surface area contributed by atoms with Crippen LogP contribution in [-0.2, 0) is 11.3 Å². The van der Waals surface area contributed by atoms with Gasteiger partial charge in [-0.2, -0.15) is 0 Å². The number of hydrogen-bond acceptors (Lipinski definition) is 3. The monoisotopic (exact) mass is 290 g/mol. The van der Waals surface area contributed by atoms with Crippen molar-refractivity contribution in [3.63, 3.8) is 0 Å². The summed E-state index contributed by atoms with van der Waals surface area (Å²) in [5, 5.41) is 3.48. The lowest BCUT2D eigenvalue weighted by molar-refractivity contribution is 0.131. The second-order valence-electron chi connectivity index (χ2n) is 6.59. The van der Waals surface area contributed by atoms with Crippen LogP contribution in [0.5, 0.6) is 0 Å². The molecule has 1 fully saturated rings. The fraction of sp³-hybridized carbons (Fsp3) is 0.667. The summed E-state index contributed by atoms with van der Waals surface area (Å²) < 4.78 is 5.72. The maximum atomic E-state index is 5.72. The number of aryl methyl sites for hydroxylation is 1. The van der Waals surface area contributed by atoms with Crippen molar-refractivity contribution < 1.29 is 4.74 Å². The van der Waals surface area contributed by atoms with E-state index in [2.05, 4.69) is 56.2 Å². The molecule has 0 unspecified atom stereocenters. The van der Waals surface area contributed by atoms with Gasteiger partial charge in [0.15, 0.2) is 0 Å². The Labute approximate surface area is 129 Å². The Kier molecular flexibility index (Phi) is 6.07. The second kappa shape index (κ2) is 7.81. The maximum absolute atomic E-state index is 5.72. The molecule has 1 aromatic rings. The summed E-state index contributed by atoms with van der Waals surface area (Å²) in [6.45, 7) is 10.2. The van der Waals surface area contributed by atoms with Gasteiger partial charge in [0, 0.05) is 38.5 Å². The van der Waals surface area contributed by atoms with Crippen molar-refractivity contribution in [2.75, 3.05) is 31.7 Å². The molecule has 0 aliphatic heterocycles. The van der Waals surface area contributed by atoms with Gasteiger partial charge in [0.05, 0.1) is 6.61 Å². The molecule has 21 heavy (non-hydrogen) atoms. The molecule has 3 nitrogen and oxygen atoms in total. The smallest absolute Gasteiger partial charge is 0.0641 e. The highest BCUT2D eigenvalue weighted by Gasteiger charge is 2.20. The van der Waals surface area contributed by atoms with E-state index < -0.39 is 0 Å². The molecule has 1 N–H and O–H groups in total. The first-order valence-electron chi connectivity index (χ1n) is 8.18. The first-order chi connectivity index (χ1) is 10.1. The number of nitrogens with zero attached hydrogens (tertiary/aromatic N) is 1. The zero-order chi connectivity index (χ0) is 15.2. The maximum Gasteiger partial charge on any atom is 0.0641 e. The molecular weight excluding hydrogens is 260 g/mol. The number of rotatable bonds is 9. The highest BCUT2D eigenvalue weighted by atomic mass is 16.5. The summed E-state index contributed by atoms with van der Waals surface area (Å²) >= 11 is 0. The van der Waals surface area contributed by atoms with Crippen molar-refractivity contribution in [1.29, 1.82) is 0 Å². The third-order valence-electron chi connectivity index (χ3n) is 4.09. The van der Waals surface area contributed by atoms with E-state index in [-0.39, 0.29) is 0 Å². The number of anilines is 1. The predicted molar refractivity (Wildman–Crippen MR) is 90.0 cm³/mol. The lowest BCUT2D eigenvalue weighted by Gasteiger charge is -2.21. The van der Waals surface area contributed by atoms with Crippen molar-refractivity contribution in [2.24, 2.45) is 5.92 Å². The van der Waals surface area contributed by atoms with Crippen LogP contribution in [0.25, 0.3) is 0 Å². The van der Waals surface area contributed by atoms with Crippen LogP contribution in [0.2, 0.25) is 0 Å². The largest absolute Gasteiger partial charge is 0.379 e. The van der Waals surface area contributed by atoms with Gasteiger partial charge >= 0.3 is 0 Å². The Balaban J connectivity index is 1.79. The summed E-state index contributed by atoms with van der Waals surface area (Å²) in [4.78, 5) is 2.28. The van der Waals surface area contributed by atoms with Crippen molar-refractivity contribution in [3.8, 4) is 0 Å². The topological polar surface area (TPSA) is 24.5 Å². The fourth-order valence-corrected chi connectivity index (χ4v) is 2.30. The zero-order valence-electron chi connectivity index (χ0n) is 14.0. The van der Waals surface area contributed by atoms with Crippen LogP contribution < -0.4 is 10.2 Å². The summed E-state index contributed by atoms with van der Waals surface area (Å²) in [6.07, 6.45) is 2.72. The van der Waals surface area contributed by atoms with Gasteiger partial charge in [-0.15, -0.1) is 0 Å². The molecule has 3 heteroatoms. The standard InChI is InChI=1S/C18H30N2O/c1-14(2)19-12-17-7-8-18(11-15(17)3)20(4)9-10-21-13-16-5-6-16/h7-8,11,14,16,19H,5-6,9-10,12-13H2,1-4H3. The Hall–Kier alpha value is -1.06. The van der Waals surface area contributed by atoms with Crippen molar-refractivity contribution in [1.82, 2.24) is 5.32 Å². The van der Waals surface area contributed by atoms with Gasteiger partial charge in [0.2, 0.25) is 0 Å². The average molecular weight is 290 g/mol. The van der Waals surface area contributed by atoms with E-state index in [4.69, 9.17) is 4.74 Å². The lowest BCUT2D eigenvalue weighted by Crippen LogP contribution is -2.24. The molecule has 0 heterocycles. The Bertz CT molecular complexity index is 441. The minimum absolute atomic E-state index is 0.523. The molecule has 1 saturated carbocycles. The lowest BCUT2D eigenvalue weighted by atomic mass is 10.1. The van der Waals surface area contributed by atoms with Gasteiger partial charge in [0.1, 0.15) is 0 Å². The highest BCUT2D eigenvalue weighted by molar-refractivity contribution is 5.50. The summed E-state index contributed by atoms with van der Waals surface area (Å²) in [6, 6.07) is 7.25. The van der Waals surface area contributed by atoms with Crippen LogP contribution >= 0.6 is 0 Å². The van der Waals surface area contributed by atoms with Crippen LogP contribution in [0.1, 0.15) is 37.8 Å². The SMILES string of the molecule is Cc1cc(N(C)CCOCC2CC2)ccc1CNC(C)C. The van der Waals surface area contributed by atoms with Gasteiger partial charge in [-0.3, -0.25) is 0 Å². The molecular formula is C18H30N2O. The van der Waals surface area contributed by atoms with Crippen LogP contribution in [0.3, 0.4) is 0 Å². The molecule has 0 atom stereocenters. The van der Waals surface area contributed by atoms with Crippen LogP contribution in [0, 0.1) is 12.8 Å². The summed E-state index contributed by atoms with van der Waals surface area (Å²) in [7, 11) is 2.14. The van der Waals surface area contributed by atoms with Crippen LogP contribution in [-0.4, -0.2) is 32.8 Å². The van der Waals surface area contributed by atoms with E-state index in [0.717, 1.165) is 32.2 Å². The van der Waals surface area contributed by atoms with E-state index in [0.29, 0.717) is 6.04 Å². The molecule has 1 aliphatic carbocycles. The third kappa shape index (κ3) is 5.68. The number of likely N-dealkylation sites (N-methyl/N-ethyl adjacent to an activating group) is 1. The van der Waals surface area contributed by atoms with Gasteiger partial charge < -0.3 is 15.0 Å². The number of nitrogens with one attached hydrogen (secondary N) is 1. The normalized spacial score (nSPS) is 14.7. The molecule has 0 aromatic heterocycles. The Morgan fingerprint density at radius 1 is 1.33 bits per heavy atom. The van der Waals surface area contributed by atoms with Crippen molar-refractivity contribution in [2.45, 2.75) is 46.2 Å². The quantitative estimate of drug-likeness (QED) is 0.706. The average Bonchev–Trinajstić information content (AvgIpc) is 3.26.